The van der Waals surface area contributed by atoms with Crippen LogP contribution in [0.2, 0.25) is 0 Å². The van der Waals surface area contributed by atoms with Crippen LogP contribution in [-0.2, 0) is 4.79 Å². The molecule has 5 atom stereocenters. The fourth-order valence-corrected chi connectivity index (χ4v) is 3.12. The largest absolute Gasteiger partial charge is 0.396 e. The fourth-order valence-electron chi connectivity index (χ4n) is 3.12. The zero-order valence-electron chi connectivity index (χ0n) is 13.3. The van der Waals surface area contributed by atoms with Crippen molar-refractivity contribution in [3.63, 3.8) is 0 Å². The Labute approximate surface area is 135 Å². The van der Waals surface area contributed by atoms with Crippen LogP contribution < -0.4 is 10.6 Å². The molecular weight excluding hydrogens is 299 g/mol. The number of benzene rings is 1. The van der Waals surface area contributed by atoms with Crippen molar-refractivity contribution in [2.24, 2.45) is 0 Å². The normalized spacial score (nSPS) is 28.5. The minimum Gasteiger partial charge on any atom is -0.396 e. The predicted molar refractivity (Wildman–Crippen MR) is 85.8 cm³/mol. The molecule has 4 N–H and O–H groups in total. The maximum atomic E-state index is 14.2. The number of halogens is 1. The van der Waals surface area contributed by atoms with Crippen LogP contribution in [0.25, 0.3) is 0 Å². The van der Waals surface area contributed by atoms with Gasteiger partial charge in [-0.05, 0) is 18.4 Å². The topological polar surface area (TPSA) is 81.6 Å². The number of carbonyl (C=O) groups excluding carboxylic acids is 1. The molecule has 1 unspecified atom stereocenters. The molecule has 1 amide bonds. The average Bonchev–Trinajstić information content (AvgIpc) is 2.84. The number of hydrogen-bond donors (Lipinski definition) is 4. The first-order chi connectivity index (χ1) is 11.1. The Morgan fingerprint density at radius 2 is 2.04 bits per heavy atom. The van der Waals surface area contributed by atoms with E-state index in [0.717, 1.165) is 5.56 Å². The SMILES string of the molecule is CNC(=O)C[C@H]1N[C@H](CCC(CO)c2ccccc2)[C@@H](F)[C@@H]1O. The van der Waals surface area contributed by atoms with Crippen molar-refractivity contribution < 1.29 is 19.4 Å². The minimum absolute atomic E-state index is 0.00207. The highest BCUT2D eigenvalue weighted by Gasteiger charge is 2.42. The summed E-state index contributed by atoms with van der Waals surface area (Å²) in [6, 6.07) is 8.54. The second kappa shape index (κ2) is 8.38. The van der Waals surface area contributed by atoms with Crippen molar-refractivity contribution in [1.29, 1.82) is 0 Å². The summed E-state index contributed by atoms with van der Waals surface area (Å²) in [5, 5.41) is 25.0. The van der Waals surface area contributed by atoms with Gasteiger partial charge in [-0.3, -0.25) is 4.79 Å². The molecule has 5 nitrogen and oxygen atoms in total. The zero-order chi connectivity index (χ0) is 16.8. The molecule has 0 radical (unpaired) electrons. The summed E-state index contributed by atoms with van der Waals surface area (Å²) in [6.45, 7) is -0.00207. The van der Waals surface area contributed by atoms with Crippen molar-refractivity contribution >= 4 is 5.91 Å². The van der Waals surface area contributed by atoms with E-state index in [1.54, 1.807) is 0 Å². The Morgan fingerprint density at radius 3 is 2.65 bits per heavy atom. The molecule has 1 aliphatic rings. The van der Waals surface area contributed by atoms with Gasteiger partial charge in [-0.2, -0.15) is 0 Å². The molecule has 1 fully saturated rings. The number of hydrogen-bond acceptors (Lipinski definition) is 4. The third kappa shape index (κ3) is 4.50. The third-order valence-electron chi connectivity index (χ3n) is 4.55. The summed E-state index contributed by atoms with van der Waals surface area (Å²) >= 11 is 0. The lowest BCUT2D eigenvalue weighted by Crippen LogP contribution is -2.38. The van der Waals surface area contributed by atoms with Crippen LogP contribution in [0.5, 0.6) is 0 Å². The van der Waals surface area contributed by atoms with Crippen LogP contribution in [-0.4, -0.2) is 54.1 Å². The Kier molecular flexibility index (Phi) is 6.50. The van der Waals surface area contributed by atoms with Gasteiger partial charge in [0.15, 0.2) is 0 Å². The Morgan fingerprint density at radius 1 is 1.35 bits per heavy atom. The van der Waals surface area contributed by atoms with E-state index in [4.69, 9.17) is 0 Å². The second-order valence-corrected chi connectivity index (χ2v) is 6.06. The lowest BCUT2D eigenvalue weighted by molar-refractivity contribution is -0.121. The third-order valence-corrected chi connectivity index (χ3v) is 4.55. The van der Waals surface area contributed by atoms with Crippen LogP contribution >= 0.6 is 0 Å². The van der Waals surface area contributed by atoms with Crippen molar-refractivity contribution in [2.45, 2.75) is 49.5 Å². The van der Waals surface area contributed by atoms with E-state index in [1.165, 1.54) is 7.05 Å². The van der Waals surface area contributed by atoms with Crippen LogP contribution in [0.15, 0.2) is 30.3 Å². The van der Waals surface area contributed by atoms with E-state index in [1.807, 2.05) is 30.3 Å². The van der Waals surface area contributed by atoms with E-state index >= 15 is 0 Å². The standard InChI is InChI=1S/C17H25FN2O3/c1-19-15(22)9-14-17(23)16(18)13(20-14)8-7-12(10-21)11-5-3-2-4-6-11/h2-6,12-14,16-17,20-21,23H,7-10H2,1H3,(H,19,22)/t12?,13-,14-,16-,17-/m1/s1. The molecule has 0 saturated carbocycles. The summed E-state index contributed by atoms with van der Waals surface area (Å²) in [5.41, 5.74) is 1.02. The van der Waals surface area contributed by atoms with E-state index in [2.05, 4.69) is 10.6 Å². The summed E-state index contributed by atoms with van der Waals surface area (Å²) in [4.78, 5) is 11.4. The average molecular weight is 324 g/mol. The Bertz CT molecular complexity index is 500. The molecule has 0 aliphatic carbocycles. The lowest BCUT2D eigenvalue weighted by atomic mass is 9.92. The van der Waals surface area contributed by atoms with Crippen LogP contribution in [0, 0.1) is 0 Å². The maximum Gasteiger partial charge on any atom is 0.221 e. The molecule has 6 heteroatoms. The number of amides is 1. The Balaban J connectivity index is 1.91. The monoisotopic (exact) mass is 324 g/mol. The molecule has 23 heavy (non-hydrogen) atoms. The van der Waals surface area contributed by atoms with Gasteiger partial charge in [-0.25, -0.2) is 4.39 Å². The van der Waals surface area contributed by atoms with Crippen LogP contribution in [0.3, 0.4) is 0 Å². The van der Waals surface area contributed by atoms with Gasteiger partial charge in [0.1, 0.15) is 12.3 Å². The molecule has 1 aromatic carbocycles. The van der Waals surface area contributed by atoms with Crippen LogP contribution in [0.1, 0.15) is 30.7 Å². The highest BCUT2D eigenvalue weighted by atomic mass is 19.1. The molecule has 2 rings (SSSR count). The van der Waals surface area contributed by atoms with Gasteiger partial charge in [0.2, 0.25) is 5.91 Å². The summed E-state index contributed by atoms with van der Waals surface area (Å²) in [6.07, 6.45) is -1.43. The number of nitrogens with one attached hydrogen (secondary N) is 2. The van der Waals surface area contributed by atoms with E-state index in [0.29, 0.717) is 12.8 Å². The van der Waals surface area contributed by atoms with Crippen molar-refractivity contribution in [3.8, 4) is 0 Å². The smallest absolute Gasteiger partial charge is 0.221 e. The van der Waals surface area contributed by atoms with E-state index in [9.17, 15) is 19.4 Å². The van der Waals surface area contributed by atoms with Gasteiger partial charge in [-0.1, -0.05) is 30.3 Å². The number of carbonyl (C=O) groups is 1. The summed E-state index contributed by atoms with van der Waals surface area (Å²) in [7, 11) is 1.51. The zero-order valence-corrected chi connectivity index (χ0v) is 13.3. The van der Waals surface area contributed by atoms with Crippen molar-refractivity contribution in [2.75, 3.05) is 13.7 Å². The van der Waals surface area contributed by atoms with E-state index < -0.39 is 24.4 Å². The van der Waals surface area contributed by atoms with Gasteiger partial charge >= 0.3 is 0 Å². The van der Waals surface area contributed by atoms with Crippen LogP contribution in [0.4, 0.5) is 4.39 Å². The minimum atomic E-state index is -1.40. The molecule has 128 valence electrons. The summed E-state index contributed by atoms with van der Waals surface area (Å²) in [5.74, 6) is -0.285. The molecule has 1 saturated heterocycles. The number of aliphatic hydroxyl groups excluding tert-OH is 2. The Hall–Kier alpha value is -1.50. The quantitative estimate of drug-likeness (QED) is 0.596. The number of aliphatic hydroxyl groups is 2. The van der Waals surface area contributed by atoms with Gasteiger partial charge in [0.25, 0.3) is 0 Å². The molecule has 0 aromatic heterocycles. The first-order valence-electron chi connectivity index (χ1n) is 8.01. The van der Waals surface area contributed by atoms with Gasteiger partial charge in [0, 0.05) is 38.1 Å². The number of alkyl halides is 1. The first kappa shape index (κ1) is 17.8. The van der Waals surface area contributed by atoms with E-state index in [-0.39, 0.29) is 24.9 Å². The highest BCUT2D eigenvalue weighted by Crippen LogP contribution is 2.27. The fraction of sp³-hybridized carbons (Fsp3) is 0.588. The molecule has 0 bridgehead atoms. The van der Waals surface area contributed by atoms with Gasteiger partial charge in [0.05, 0.1) is 0 Å². The van der Waals surface area contributed by atoms with Gasteiger partial charge < -0.3 is 20.8 Å². The molecule has 1 heterocycles. The van der Waals surface area contributed by atoms with Gasteiger partial charge in [-0.15, -0.1) is 0 Å². The maximum absolute atomic E-state index is 14.2. The highest BCUT2D eigenvalue weighted by molar-refractivity contribution is 5.76. The first-order valence-corrected chi connectivity index (χ1v) is 8.01. The molecule has 0 spiro atoms. The number of rotatable bonds is 7. The molecule has 1 aliphatic heterocycles. The lowest BCUT2D eigenvalue weighted by Gasteiger charge is -2.19. The van der Waals surface area contributed by atoms with Crippen molar-refractivity contribution in [3.05, 3.63) is 35.9 Å². The van der Waals surface area contributed by atoms with Crippen molar-refractivity contribution in [1.82, 2.24) is 10.6 Å². The second-order valence-electron chi connectivity index (χ2n) is 6.06. The summed E-state index contributed by atoms with van der Waals surface area (Å²) < 4.78 is 14.2. The molecular formula is C17H25FN2O3. The predicted octanol–water partition coefficient (Wildman–Crippen LogP) is 0.718. The molecule has 1 aromatic rings.